The van der Waals surface area contributed by atoms with Gasteiger partial charge >= 0.3 is 0 Å². The maximum Gasteiger partial charge on any atom is 0.151 e. The van der Waals surface area contributed by atoms with Crippen molar-refractivity contribution in [2.75, 3.05) is 44.3 Å². The Kier molecular flexibility index (Phi) is 5.96. The van der Waals surface area contributed by atoms with E-state index >= 15 is 0 Å². The number of anilines is 1. The maximum atomic E-state index is 14.9. The zero-order valence-corrected chi connectivity index (χ0v) is 17.9. The van der Waals surface area contributed by atoms with Crippen LogP contribution >= 0.6 is 0 Å². The van der Waals surface area contributed by atoms with Crippen LogP contribution in [0.5, 0.6) is 0 Å². The third-order valence-electron chi connectivity index (χ3n) is 7.64. The van der Waals surface area contributed by atoms with Gasteiger partial charge in [0, 0.05) is 44.3 Å². The second kappa shape index (κ2) is 8.85. The first-order valence-electron chi connectivity index (χ1n) is 11.6. The van der Waals surface area contributed by atoms with Gasteiger partial charge in [0.05, 0.1) is 37.3 Å². The Morgan fingerprint density at radius 2 is 2.23 bits per heavy atom. The SMILES string of the molecule is N#C[C@@H](CC(=O)[C@H]1N[C@@H]2CC[C@H]1C2)Cc1ccc(N2CCN3CCOCC3C2)cc1F. The van der Waals surface area contributed by atoms with Crippen molar-refractivity contribution >= 4 is 11.5 Å². The highest BCUT2D eigenvalue weighted by atomic mass is 19.1. The molecule has 1 aromatic rings. The summed E-state index contributed by atoms with van der Waals surface area (Å²) >= 11 is 0. The first-order chi connectivity index (χ1) is 15.1. The zero-order valence-electron chi connectivity index (χ0n) is 17.9. The van der Waals surface area contributed by atoms with Crippen LogP contribution in [-0.2, 0) is 16.0 Å². The van der Waals surface area contributed by atoms with Crippen LogP contribution in [0.4, 0.5) is 10.1 Å². The highest BCUT2D eigenvalue weighted by Gasteiger charge is 2.42. The average Bonchev–Trinajstić information content (AvgIpc) is 3.43. The lowest BCUT2D eigenvalue weighted by molar-refractivity contribution is -0.122. The van der Waals surface area contributed by atoms with Crippen molar-refractivity contribution in [2.24, 2.45) is 11.8 Å². The average molecular weight is 427 g/mol. The molecule has 4 fully saturated rings. The van der Waals surface area contributed by atoms with Gasteiger partial charge in [0.25, 0.3) is 0 Å². The number of carbonyl (C=O) groups is 1. The first kappa shape index (κ1) is 20.9. The quantitative estimate of drug-likeness (QED) is 0.752. The number of hydrogen-bond donors (Lipinski definition) is 1. The molecule has 1 unspecified atom stereocenters. The van der Waals surface area contributed by atoms with E-state index in [1.165, 1.54) is 0 Å². The van der Waals surface area contributed by atoms with Crippen LogP contribution in [0.3, 0.4) is 0 Å². The van der Waals surface area contributed by atoms with Crippen molar-refractivity contribution in [3.05, 3.63) is 29.6 Å². The molecule has 0 aromatic heterocycles. The third kappa shape index (κ3) is 4.34. The van der Waals surface area contributed by atoms with Crippen LogP contribution in [-0.4, -0.2) is 68.2 Å². The van der Waals surface area contributed by atoms with Crippen molar-refractivity contribution in [2.45, 2.75) is 50.2 Å². The van der Waals surface area contributed by atoms with Crippen LogP contribution in [0.25, 0.3) is 0 Å². The van der Waals surface area contributed by atoms with Gasteiger partial charge in [-0.25, -0.2) is 4.39 Å². The minimum absolute atomic E-state index is 0.107. The number of halogens is 1. The molecular formula is C24H31FN4O2. The molecule has 7 heteroatoms. The summed E-state index contributed by atoms with van der Waals surface area (Å²) in [7, 11) is 0. The molecule has 3 saturated heterocycles. The minimum Gasteiger partial charge on any atom is -0.378 e. The molecule has 31 heavy (non-hydrogen) atoms. The van der Waals surface area contributed by atoms with Crippen LogP contribution < -0.4 is 10.2 Å². The summed E-state index contributed by atoms with van der Waals surface area (Å²) in [5, 5.41) is 13.0. The number of piperazine rings is 1. The van der Waals surface area contributed by atoms with Gasteiger partial charge in [-0.3, -0.25) is 9.69 Å². The summed E-state index contributed by atoms with van der Waals surface area (Å²) in [4.78, 5) is 17.4. The van der Waals surface area contributed by atoms with E-state index < -0.39 is 5.92 Å². The van der Waals surface area contributed by atoms with E-state index in [9.17, 15) is 14.4 Å². The number of Topliss-reactive ketones (excluding diaryl/α,β-unsaturated/α-hetero) is 1. The van der Waals surface area contributed by atoms with E-state index in [1.54, 1.807) is 12.1 Å². The molecule has 6 nitrogen and oxygen atoms in total. The van der Waals surface area contributed by atoms with Crippen molar-refractivity contribution in [3.8, 4) is 6.07 Å². The van der Waals surface area contributed by atoms with Crippen molar-refractivity contribution < 1.29 is 13.9 Å². The lowest BCUT2D eigenvalue weighted by Crippen LogP contribution is -2.58. The van der Waals surface area contributed by atoms with Gasteiger partial charge in [-0.2, -0.15) is 5.26 Å². The van der Waals surface area contributed by atoms with Gasteiger partial charge in [0.15, 0.2) is 5.78 Å². The number of rotatable bonds is 6. The maximum absolute atomic E-state index is 14.9. The number of ether oxygens (including phenoxy) is 1. The van der Waals surface area contributed by atoms with Gasteiger partial charge in [-0.1, -0.05) is 6.07 Å². The molecule has 0 spiro atoms. The first-order valence-corrected chi connectivity index (χ1v) is 11.6. The number of hydrogen-bond acceptors (Lipinski definition) is 6. The number of nitriles is 1. The van der Waals surface area contributed by atoms with Gasteiger partial charge in [0.1, 0.15) is 5.82 Å². The van der Waals surface area contributed by atoms with E-state index in [1.807, 2.05) is 6.07 Å². The Morgan fingerprint density at radius 1 is 1.32 bits per heavy atom. The van der Waals surface area contributed by atoms with Gasteiger partial charge in [-0.15, -0.1) is 0 Å². The summed E-state index contributed by atoms with van der Waals surface area (Å²) in [5.74, 6) is -0.242. The summed E-state index contributed by atoms with van der Waals surface area (Å²) in [6.45, 7) is 5.17. The summed E-state index contributed by atoms with van der Waals surface area (Å²) in [5.41, 5.74) is 1.39. The molecule has 3 heterocycles. The van der Waals surface area contributed by atoms with E-state index in [-0.39, 0.29) is 30.5 Å². The third-order valence-corrected chi connectivity index (χ3v) is 7.64. The highest BCUT2D eigenvalue weighted by Crippen LogP contribution is 2.36. The standard InChI is InChI=1S/C24H31FN4O2/c25-22-12-20(29-6-5-28-7-8-31-15-21(28)14-29)4-2-17(22)9-16(13-26)10-23(30)24-18-1-3-19(11-18)27-24/h2,4,12,16,18-19,21,24,27H,1,3,5-11,14-15H2/t16-,18+,19-,21?,24+/m1/s1. The van der Waals surface area contributed by atoms with E-state index in [0.29, 0.717) is 23.6 Å². The van der Waals surface area contributed by atoms with Crippen LogP contribution in [0.1, 0.15) is 31.2 Å². The molecule has 4 aliphatic rings. The van der Waals surface area contributed by atoms with Crippen molar-refractivity contribution in [1.29, 1.82) is 5.26 Å². The molecular weight excluding hydrogens is 395 g/mol. The molecule has 3 aliphatic heterocycles. The number of fused-ring (bicyclic) bond motifs is 3. The van der Waals surface area contributed by atoms with Gasteiger partial charge in [-0.05, 0) is 49.3 Å². The van der Waals surface area contributed by atoms with E-state index in [0.717, 1.165) is 64.3 Å². The summed E-state index contributed by atoms with van der Waals surface area (Å²) in [6.07, 6.45) is 3.80. The highest BCUT2D eigenvalue weighted by molar-refractivity contribution is 5.85. The Bertz CT molecular complexity index is 872. The van der Waals surface area contributed by atoms with Crippen LogP contribution in [0.15, 0.2) is 18.2 Å². The number of morpholine rings is 1. The predicted octanol–water partition coefficient (Wildman–Crippen LogP) is 2.13. The second-order valence-electron chi connectivity index (χ2n) is 9.60. The molecule has 5 atom stereocenters. The Morgan fingerprint density at radius 3 is 2.97 bits per heavy atom. The molecule has 0 radical (unpaired) electrons. The molecule has 1 saturated carbocycles. The normalized spacial score (nSPS) is 31.3. The second-order valence-corrected chi connectivity index (χ2v) is 9.60. The van der Waals surface area contributed by atoms with E-state index in [4.69, 9.17) is 4.74 Å². The molecule has 5 rings (SSSR count). The topological polar surface area (TPSA) is 68.6 Å². The Hall–Kier alpha value is -2.01. The lowest BCUT2D eigenvalue weighted by Gasteiger charge is -2.44. The number of ketones is 1. The molecule has 2 bridgehead atoms. The molecule has 1 N–H and O–H groups in total. The molecule has 1 aliphatic carbocycles. The zero-order chi connectivity index (χ0) is 21.4. The fourth-order valence-corrected chi connectivity index (χ4v) is 5.89. The number of nitrogens with zero attached hydrogens (tertiary/aromatic N) is 3. The summed E-state index contributed by atoms with van der Waals surface area (Å²) < 4.78 is 20.5. The fourth-order valence-electron chi connectivity index (χ4n) is 5.89. The lowest BCUT2D eigenvalue weighted by atomic mass is 9.88. The van der Waals surface area contributed by atoms with Crippen LogP contribution in [0.2, 0.25) is 0 Å². The number of benzene rings is 1. The molecule has 166 valence electrons. The van der Waals surface area contributed by atoms with E-state index in [2.05, 4.69) is 21.2 Å². The smallest absolute Gasteiger partial charge is 0.151 e. The molecule has 1 aromatic carbocycles. The van der Waals surface area contributed by atoms with Crippen molar-refractivity contribution in [3.63, 3.8) is 0 Å². The van der Waals surface area contributed by atoms with Gasteiger partial charge in [0.2, 0.25) is 0 Å². The van der Waals surface area contributed by atoms with Crippen LogP contribution in [0, 0.1) is 29.0 Å². The van der Waals surface area contributed by atoms with Crippen molar-refractivity contribution in [1.82, 2.24) is 10.2 Å². The Labute approximate surface area is 183 Å². The number of nitrogens with one attached hydrogen (secondary N) is 1. The minimum atomic E-state index is -0.489. The molecule has 0 amide bonds. The largest absolute Gasteiger partial charge is 0.378 e. The summed E-state index contributed by atoms with van der Waals surface area (Å²) in [6, 6.07) is 8.28. The Balaban J connectivity index is 1.20. The predicted molar refractivity (Wildman–Crippen MR) is 115 cm³/mol. The monoisotopic (exact) mass is 426 g/mol. The number of carbonyl (C=O) groups excluding carboxylic acids is 1. The number of piperidine rings is 1. The van der Waals surface area contributed by atoms with Gasteiger partial charge < -0.3 is 15.0 Å². The fraction of sp³-hybridized carbons (Fsp3) is 0.667.